The first-order valence-corrected chi connectivity index (χ1v) is 7.42. The average molecular weight is 397 g/mol. The number of hydrogen-bond acceptors (Lipinski definition) is 3. The number of thioether (sulfide) groups is 1. The number of halogens is 1. The fourth-order valence-corrected chi connectivity index (χ4v) is 1.73. The minimum absolute atomic E-state index is 0. The monoisotopic (exact) mass is 397 g/mol. The molecule has 0 radical (unpaired) electrons. The van der Waals surface area contributed by atoms with Gasteiger partial charge in [0.15, 0.2) is 5.96 Å². The Bertz CT molecular complexity index is 395. The third kappa shape index (κ3) is 6.56. The van der Waals surface area contributed by atoms with Crippen molar-refractivity contribution in [1.82, 2.24) is 10.6 Å². The summed E-state index contributed by atoms with van der Waals surface area (Å²) < 4.78 is 5.59. The standard InChI is InChI=1S/C13H23N3OS.HI/c1-9-6-7-12(17-9)11(3)16-13(14-4)15-8-10(2)18-5;/h6-7,10-11H,8H2,1-5H3,(H2,14,15,16);1H. The van der Waals surface area contributed by atoms with E-state index in [1.165, 1.54) is 0 Å². The molecule has 1 aromatic rings. The molecule has 1 rings (SSSR count). The largest absolute Gasteiger partial charge is 0.464 e. The Morgan fingerprint density at radius 3 is 2.58 bits per heavy atom. The van der Waals surface area contributed by atoms with Gasteiger partial charge in [0.1, 0.15) is 11.5 Å². The second kappa shape index (κ2) is 9.52. The minimum Gasteiger partial charge on any atom is -0.464 e. The van der Waals surface area contributed by atoms with E-state index in [0.29, 0.717) is 5.25 Å². The topological polar surface area (TPSA) is 49.6 Å². The van der Waals surface area contributed by atoms with Crippen LogP contribution in [0.1, 0.15) is 31.4 Å². The molecule has 2 atom stereocenters. The van der Waals surface area contributed by atoms with Gasteiger partial charge in [-0.05, 0) is 32.2 Å². The number of guanidine groups is 1. The Morgan fingerprint density at radius 2 is 2.11 bits per heavy atom. The lowest BCUT2D eigenvalue weighted by Gasteiger charge is -2.18. The van der Waals surface area contributed by atoms with E-state index >= 15 is 0 Å². The average Bonchev–Trinajstić information content (AvgIpc) is 2.80. The zero-order valence-corrected chi connectivity index (χ0v) is 15.3. The summed E-state index contributed by atoms with van der Waals surface area (Å²) in [6.45, 7) is 7.08. The highest BCUT2D eigenvalue weighted by molar-refractivity contribution is 14.0. The molecule has 0 aromatic carbocycles. The molecule has 1 heterocycles. The van der Waals surface area contributed by atoms with Crippen molar-refractivity contribution in [3.8, 4) is 0 Å². The van der Waals surface area contributed by atoms with Crippen molar-refractivity contribution in [3.63, 3.8) is 0 Å². The molecule has 2 N–H and O–H groups in total. The summed E-state index contributed by atoms with van der Waals surface area (Å²) in [5.74, 6) is 2.66. The van der Waals surface area contributed by atoms with E-state index in [1.54, 1.807) is 7.05 Å². The van der Waals surface area contributed by atoms with Crippen molar-refractivity contribution in [1.29, 1.82) is 0 Å². The van der Waals surface area contributed by atoms with Crippen molar-refractivity contribution in [2.75, 3.05) is 19.8 Å². The summed E-state index contributed by atoms with van der Waals surface area (Å²) in [5, 5.41) is 7.18. The molecule has 110 valence electrons. The molecule has 0 fully saturated rings. The number of rotatable bonds is 5. The number of nitrogens with one attached hydrogen (secondary N) is 2. The fourth-order valence-electron chi connectivity index (χ4n) is 1.48. The Kier molecular flexibility index (Phi) is 9.34. The molecular weight excluding hydrogens is 373 g/mol. The van der Waals surface area contributed by atoms with Gasteiger partial charge >= 0.3 is 0 Å². The van der Waals surface area contributed by atoms with Gasteiger partial charge in [-0.25, -0.2) is 0 Å². The van der Waals surface area contributed by atoms with Crippen LogP contribution in [0.25, 0.3) is 0 Å². The summed E-state index contributed by atoms with van der Waals surface area (Å²) in [6.07, 6.45) is 2.11. The van der Waals surface area contributed by atoms with Crippen LogP contribution in [-0.2, 0) is 0 Å². The zero-order chi connectivity index (χ0) is 13.5. The summed E-state index contributed by atoms with van der Waals surface area (Å²) in [6, 6.07) is 4.07. The summed E-state index contributed by atoms with van der Waals surface area (Å²) in [5.41, 5.74) is 0. The normalized spacial score (nSPS) is 14.5. The highest BCUT2D eigenvalue weighted by atomic mass is 127. The maximum Gasteiger partial charge on any atom is 0.191 e. The van der Waals surface area contributed by atoms with Crippen LogP contribution in [0.4, 0.5) is 0 Å². The predicted octanol–water partition coefficient (Wildman–Crippen LogP) is 3.18. The Morgan fingerprint density at radius 1 is 1.42 bits per heavy atom. The quantitative estimate of drug-likeness (QED) is 0.455. The summed E-state index contributed by atoms with van der Waals surface area (Å²) >= 11 is 1.83. The number of aliphatic imine (C=N–C) groups is 1. The molecule has 1 aromatic heterocycles. The van der Waals surface area contributed by atoms with E-state index < -0.39 is 0 Å². The van der Waals surface area contributed by atoms with Crippen LogP contribution in [0.2, 0.25) is 0 Å². The van der Waals surface area contributed by atoms with E-state index in [-0.39, 0.29) is 30.0 Å². The van der Waals surface area contributed by atoms with Gasteiger partial charge in [-0.2, -0.15) is 11.8 Å². The SMILES string of the molecule is CN=C(NCC(C)SC)NC(C)c1ccc(C)o1.I. The molecule has 4 nitrogen and oxygen atoms in total. The van der Waals surface area contributed by atoms with Gasteiger partial charge in [0.2, 0.25) is 0 Å². The van der Waals surface area contributed by atoms with Gasteiger partial charge in [-0.3, -0.25) is 4.99 Å². The number of hydrogen-bond donors (Lipinski definition) is 2. The molecule has 0 saturated carbocycles. The maximum atomic E-state index is 5.59. The smallest absolute Gasteiger partial charge is 0.191 e. The minimum atomic E-state index is 0. The van der Waals surface area contributed by atoms with Crippen molar-refractivity contribution in [2.24, 2.45) is 4.99 Å². The number of aryl methyl sites for hydroxylation is 1. The molecule has 19 heavy (non-hydrogen) atoms. The fraction of sp³-hybridized carbons (Fsp3) is 0.615. The van der Waals surface area contributed by atoms with E-state index in [2.05, 4.69) is 35.7 Å². The van der Waals surface area contributed by atoms with Gasteiger partial charge in [0, 0.05) is 18.8 Å². The lowest BCUT2D eigenvalue weighted by atomic mass is 10.2. The Hall–Kier alpha value is -0.370. The second-order valence-corrected chi connectivity index (χ2v) is 5.59. The molecule has 0 aliphatic rings. The van der Waals surface area contributed by atoms with Crippen LogP contribution < -0.4 is 10.6 Å². The number of nitrogens with zero attached hydrogens (tertiary/aromatic N) is 1. The van der Waals surface area contributed by atoms with Crippen molar-refractivity contribution < 1.29 is 4.42 Å². The van der Waals surface area contributed by atoms with Crippen molar-refractivity contribution >= 4 is 41.7 Å². The highest BCUT2D eigenvalue weighted by Gasteiger charge is 2.11. The van der Waals surface area contributed by atoms with Gasteiger partial charge < -0.3 is 15.1 Å². The van der Waals surface area contributed by atoms with Gasteiger partial charge in [0.25, 0.3) is 0 Å². The Balaban J connectivity index is 0.00000324. The molecule has 2 unspecified atom stereocenters. The van der Waals surface area contributed by atoms with Gasteiger partial charge in [0.05, 0.1) is 6.04 Å². The van der Waals surface area contributed by atoms with Crippen molar-refractivity contribution in [3.05, 3.63) is 23.7 Å². The van der Waals surface area contributed by atoms with E-state index in [1.807, 2.05) is 30.8 Å². The van der Waals surface area contributed by atoms with Gasteiger partial charge in [-0.1, -0.05) is 6.92 Å². The van der Waals surface area contributed by atoms with E-state index in [0.717, 1.165) is 24.0 Å². The molecule has 0 amide bonds. The predicted molar refractivity (Wildman–Crippen MR) is 94.7 cm³/mol. The molecular formula is C13H24IN3OS. The third-order valence-electron chi connectivity index (χ3n) is 2.72. The van der Waals surface area contributed by atoms with Crippen LogP contribution in [-0.4, -0.2) is 31.1 Å². The lowest BCUT2D eigenvalue weighted by molar-refractivity contribution is 0.441. The first-order chi connectivity index (χ1) is 8.56. The van der Waals surface area contributed by atoms with Crippen LogP contribution in [0.3, 0.4) is 0 Å². The zero-order valence-electron chi connectivity index (χ0n) is 12.2. The summed E-state index contributed by atoms with van der Waals surface area (Å²) in [7, 11) is 1.78. The van der Waals surface area contributed by atoms with Crippen LogP contribution in [0.15, 0.2) is 21.5 Å². The summed E-state index contributed by atoms with van der Waals surface area (Å²) in [4.78, 5) is 4.21. The van der Waals surface area contributed by atoms with E-state index in [4.69, 9.17) is 4.42 Å². The molecule has 0 spiro atoms. The molecule has 0 aliphatic heterocycles. The van der Waals surface area contributed by atoms with Crippen molar-refractivity contribution in [2.45, 2.75) is 32.1 Å². The van der Waals surface area contributed by atoms with E-state index in [9.17, 15) is 0 Å². The second-order valence-electron chi connectivity index (χ2n) is 4.31. The molecule has 0 saturated heterocycles. The molecule has 6 heteroatoms. The first kappa shape index (κ1) is 18.6. The molecule has 0 bridgehead atoms. The van der Waals surface area contributed by atoms with Crippen LogP contribution in [0.5, 0.6) is 0 Å². The first-order valence-electron chi connectivity index (χ1n) is 6.13. The number of furan rings is 1. The van der Waals surface area contributed by atoms with Gasteiger partial charge in [-0.15, -0.1) is 24.0 Å². The Labute approximate surface area is 137 Å². The maximum absolute atomic E-state index is 5.59. The molecule has 0 aliphatic carbocycles. The van der Waals surface area contributed by atoms with Crippen LogP contribution >= 0.6 is 35.7 Å². The lowest BCUT2D eigenvalue weighted by Crippen LogP contribution is -2.41. The third-order valence-corrected chi connectivity index (χ3v) is 3.70. The highest BCUT2D eigenvalue weighted by Crippen LogP contribution is 2.15. The van der Waals surface area contributed by atoms with Crippen LogP contribution in [0, 0.1) is 6.92 Å².